The van der Waals surface area contributed by atoms with Crippen LogP contribution in [-0.4, -0.2) is 63.2 Å². The van der Waals surface area contributed by atoms with Crippen LogP contribution in [0, 0.1) is 11.7 Å². The number of benzene rings is 1. The van der Waals surface area contributed by atoms with Gasteiger partial charge in [-0.1, -0.05) is 6.07 Å². The zero-order valence-electron chi connectivity index (χ0n) is 13.6. The minimum Gasteiger partial charge on any atom is -0.367 e. The molecule has 0 saturated carbocycles. The smallest absolute Gasteiger partial charge is 0.146 e. The van der Waals surface area contributed by atoms with Crippen molar-refractivity contribution >= 4 is 5.69 Å². The van der Waals surface area contributed by atoms with Gasteiger partial charge in [0.1, 0.15) is 5.82 Å². The predicted octanol–water partition coefficient (Wildman–Crippen LogP) is 1.53. The summed E-state index contributed by atoms with van der Waals surface area (Å²) in [5.74, 6) is 0.432. The Kier molecular flexibility index (Phi) is 4.66. The number of nitrogens with two attached hydrogens (primary N) is 1. The number of hydrogen-bond acceptors (Lipinski definition) is 4. The molecule has 2 unspecified atom stereocenters. The molecule has 1 aromatic rings. The fourth-order valence-corrected chi connectivity index (χ4v) is 3.70. The minimum atomic E-state index is -0.0911. The Labute approximate surface area is 132 Å². The number of nitrogens with zero attached hydrogens (tertiary/aromatic N) is 3. The molecule has 1 aromatic carbocycles. The molecule has 0 bridgehead atoms. The van der Waals surface area contributed by atoms with Crippen molar-refractivity contribution in [3.8, 4) is 0 Å². The predicted molar refractivity (Wildman–Crippen MR) is 88.6 cm³/mol. The zero-order chi connectivity index (χ0) is 15.7. The van der Waals surface area contributed by atoms with Crippen LogP contribution in [0.5, 0.6) is 0 Å². The van der Waals surface area contributed by atoms with Crippen LogP contribution in [0.2, 0.25) is 0 Å². The Morgan fingerprint density at radius 1 is 1.18 bits per heavy atom. The van der Waals surface area contributed by atoms with E-state index in [1.165, 1.54) is 0 Å². The molecule has 2 heterocycles. The molecule has 5 heteroatoms. The van der Waals surface area contributed by atoms with Crippen LogP contribution in [0.15, 0.2) is 18.2 Å². The highest BCUT2D eigenvalue weighted by molar-refractivity contribution is 5.50. The molecule has 0 radical (unpaired) electrons. The molecule has 22 heavy (non-hydrogen) atoms. The lowest BCUT2D eigenvalue weighted by Crippen LogP contribution is -2.44. The second kappa shape index (κ2) is 6.52. The van der Waals surface area contributed by atoms with Crippen LogP contribution in [0.25, 0.3) is 0 Å². The highest BCUT2D eigenvalue weighted by atomic mass is 19.1. The largest absolute Gasteiger partial charge is 0.367 e. The van der Waals surface area contributed by atoms with Gasteiger partial charge in [-0.25, -0.2) is 4.39 Å². The third-order valence-electron chi connectivity index (χ3n) is 5.17. The van der Waals surface area contributed by atoms with E-state index in [2.05, 4.69) is 34.9 Å². The normalized spacial score (nSPS) is 27.5. The van der Waals surface area contributed by atoms with E-state index in [9.17, 15) is 4.39 Å². The monoisotopic (exact) mass is 306 g/mol. The number of hydrogen-bond donors (Lipinski definition) is 1. The van der Waals surface area contributed by atoms with E-state index in [1.807, 2.05) is 6.07 Å². The Balaban J connectivity index is 1.75. The summed E-state index contributed by atoms with van der Waals surface area (Å²) in [4.78, 5) is 6.73. The molecule has 2 saturated heterocycles. The lowest BCUT2D eigenvalue weighted by atomic mass is 9.99. The molecule has 2 aliphatic rings. The molecule has 0 aliphatic carbocycles. The van der Waals surface area contributed by atoms with Crippen LogP contribution in [0.4, 0.5) is 10.1 Å². The molecule has 0 aromatic heterocycles. The third kappa shape index (κ3) is 3.12. The summed E-state index contributed by atoms with van der Waals surface area (Å²) in [6.07, 6.45) is 1.03. The van der Waals surface area contributed by atoms with Gasteiger partial charge in [0.2, 0.25) is 0 Å². The van der Waals surface area contributed by atoms with Gasteiger partial charge in [-0.2, -0.15) is 0 Å². The van der Waals surface area contributed by atoms with E-state index >= 15 is 0 Å². The maximum absolute atomic E-state index is 14.6. The third-order valence-corrected chi connectivity index (χ3v) is 5.17. The molecule has 2 atom stereocenters. The van der Waals surface area contributed by atoms with Gasteiger partial charge in [0, 0.05) is 38.8 Å². The van der Waals surface area contributed by atoms with Gasteiger partial charge in [-0.05, 0) is 50.7 Å². The molecular weight excluding hydrogens is 279 g/mol. The molecule has 122 valence electrons. The van der Waals surface area contributed by atoms with Gasteiger partial charge in [0.25, 0.3) is 0 Å². The Hall–Kier alpha value is -1.17. The summed E-state index contributed by atoms with van der Waals surface area (Å²) in [6, 6.07) is 6.08. The van der Waals surface area contributed by atoms with Crippen LogP contribution >= 0.6 is 0 Å². The van der Waals surface area contributed by atoms with Crippen molar-refractivity contribution in [2.24, 2.45) is 11.7 Å². The maximum atomic E-state index is 14.6. The quantitative estimate of drug-likeness (QED) is 0.919. The summed E-state index contributed by atoms with van der Waals surface area (Å²) in [5.41, 5.74) is 7.61. The van der Waals surface area contributed by atoms with Crippen molar-refractivity contribution < 1.29 is 4.39 Å². The summed E-state index contributed by atoms with van der Waals surface area (Å²) < 4.78 is 14.6. The van der Waals surface area contributed by atoms with Crippen molar-refractivity contribution in [3.05, 3.63) is 29.6 Å². The maximum Gasteiger partial charge on any atom is 0.146 e. The molecule has 3 rings (SSSR count). The first-order valence-electron chi connectivity index (χ1n) is 8.21. The molecule has 2 aliphatic heterocycles. The summed E-state index contributed by atoms with van der Waals surface area (Å²) in [6.45, 7) is 5.48. The molecule has 2 N–H and O–H groups in total. The van der Waals surface area contributed by atoms with Gasteiger partial charge in [0.05, 0.1) is 5.69 Å². The SMILES string of the molecule is CN1CCN(c2ccc(C3CC(CN)CN3C)cc2F)CC1. The fourth-order valence-electron chi connectivity index (χ4n) is 3.70. The lowest BCUT2D eigenvalue weighted by molar-refractivity contribution is 0.310. The Bertz CT molecular complexity index is 513. The average molecular weight is 306 g/mol. The number of likely N-dealkylation sites (N-methyl/N-ethyl adjacent to an activating group) is 1. The topological polar surface area (TPSA) is 35.7 Å². The van der Waals surface area contributed by atoms with E-state index in [4.69, 9.17) is 5.73 Å². The van der Waals surface area contributed by atoms with E-state index in [0.717, 1.165) is 50.4 Å². The number of likely N-dealkylation sites (tertiary alicyclic amines) is 1. The van der Waals surface area contributed by atoms with E-state index in [1.54, 1.807) is 6.07 Å². The summed E-state index contributed by atoms with van der Waals surface area (Å²) in [7, 11) is 4.22. The van der Waals surface area contributed by atoms with Crippen molar-refractivity contribution in [1.29, 1.82) is 0 Å². The second-order valence-electron chi connectivity index (χ2n) is 6.79. The van der Waals surface area contributed by atoms with Crippen LogP contribution < -0.4 is 10.6 Å². The molecular formula is C17H27FN4. The van der Waals surface area contributed by atoms with Gasteiger partial charge in [0.15, 0.2) is 0 Å². The first kappa shape index (κ1) is 15.7. The molecule has 0 amide bonds. The Morgan fingerprint density at radius 3 is 2.50 bits per heavy atom. The average Bonchev–Trinajstić information content (AvgIpc) is 2.89. The number of anilines is 1. The van der Waals surface area contributed by atoms with Crippen LogP contribution in [-0.2, 0) is 0 Å². The number of rotatable bonds is 3. The summed E-state index contributed by atoms with van der Waals surface area (Å²) in [5, 5.41) is 0. The van der Waals surface area contributed by atoms with Crippen molar-refractivity contribution in [3.63, 3.8) is 0 Å². The van der Waals surface area contributed by atoms with Crippen LogP contribution in [0.3, 0.4) is 0 Å². The van der Waals surface area contributed by atoms with E-state index in [0.29, 0.717) is 18.5 Å². The molecule has 2 fully saturated rings. The van der Waals surface area contributed by atoms with Gasteiger partial charge >= 0.3 is 0 Å². The van der Waals surface area contributed by atoms with Gasteiger partial charge in [-0.3, -0.25) is 4.90 Å². The van der Waals surface area contributed by atoms with Crippen molar-refractivity contribution in [2.75, 3.05) is 58.3 Å². The highest BCUT2D eigenvalue weighted by Gasteiger charge is 2.30. The summed E-state index contributed by atoms with van der Waals surface area (Å²) >= 11 is 0. The van der Waals surface area contributed by atoms with Gasteiger partial charge < -0.3 is 15.5 Å². The first-order valence-corrected chi connectivity index (χ1v) is 8.21. The van der Waals surface area contributed by atoms with Crippen molar-refractivity contribution in [2.45, 2.75) is 12.5 Å². The van der Waals surface area contributed by atoms with Crippen LogP contribution in [0.1, 0.15) is 18.0 Å². The number of piperazine rings is 1. The zero-order valence-corrected chi connectivity index (χ0v) is 13.6. The lowest BCUT2D eigenvalue weighted by Gasteiger charge is -2.34. The number of halogens is 1. The van der Waals surface area contributed by atoms with Crippen molar-refractivity contribution in [1.82, 2.24) is 9.80 Å². The van der Waals surface area contributed by atoms with Gasteiger partial charge in [-0.15, -0.1) is 0 Å². The highest BCUT2D eigenvalue weighted by Crippen LogP contribution is 2.35. The van der Waals surface area contributed by atoms with E-state index < -0.39 is 0 Å². The Morgan fingerprint density at radius 2 is 1.91 bits per heavy atom. The minimum absolute atomic E-state index is 0.0911. The standard InChI is InChI=1S/C17H27FN4/c1-20-5-7-22(8-6-20)16-4-3-14(10-15(16)18)17-9-13(11-19)12-21(17)2/h3-4,10,13,17H,5-9,11-12,19H2,1-2H3. The molecule has 0 spiro atoms. The second-order valence-corrected chi connectivity index (χ2v) is 6.79. The van der Waals surface area contributed by atoms with E-state index in [-0.39, 0.29) is 5.82 Å². The first-order chi connectivity index (χ1) is 10.6. The molecule has 4 nitrogen and oxygen atoms in total. The fraction of sp³-hybridized carbons (Fsp3) is 0.647.